The molecule has 1 aromatic heterocycles. The monoisotopic (exact) mass is 498 g/mol. The Balaban J connectivity index is 1.23. The third-order valence-corrected chi connectivity index (χ3v) is 7.69. The van der Waals surface area contributed by atoms with E-state index < -0.39 is 0 Å². The van der Waals surface area contributed by atoms with Crippen molar-refractivity contribution in [3.8, 4) is 0 Å². The van der Waals surface area contributed by atoms with Crippen molar-refractivity contribution in [3.63, 3.8) is 0 Å². The summed E-state index contributed by atoms with van der Waals surface area (Å²) in [4.78, 5) is 9.60. The third-order valence-electron chi connectivity index (χ3n) is 7.46. The average molecular weight is 499 g/mol. The van der Waals surface area contributed by atoms with Crippen LogP contribution in [0, 0.1) is 0 Å². The smallest absolute Gasteiger partial charge is 0.0737 e. The molecule has 1 aliphatic heterocycles. The number of hydrogen-bond acceptors (Lipinski definition) is 4. The van der Waals surface area contributed by atoms with Crippen molar-refractivity contribution in [2.45, 2.75) is 39.7 Å². The SMILES string of the molecule is CCc1cc(CC)cc(N2CCN(C(C)c3ccc(Nc4ccnc5cc(Cl)ccc45)cc3)CC2)c1. The number of hydrogen-bond donors (Lipinski definition) is 1. The number of pyridine rings is 1. The van der Waals surface area contributed by atoms with Gasteiger partial charge in [-0.05, 0) is 85.0 Å². The highest BCUT2D eigenvalue weighted by molar-refractivity contribution is 6.31. The molecule has 3 aromatic carbocycles. The Labute approximate surface area is 219 Å². The standard InChI is InChI=1S/C31H35ClN4/c1-4-23-18-24(5-2)20-28(19-23)36-16-14-35(15-17-36)22(3)25-6-9-27(10-7-25)34-30-12-13-33-31-21-26(32)8-11-29(30)31/h6-13,18-22H,4-5,14-17H2,1-3H3,(H,33,34). The fraction of sp³-hybridized carbons (Fsp3) is 0.323. The molecule has 36 heavy (non-hydrogen) atoms. The highest BCUT2D eigenvalue weighted by Crippen LogP contribution is 2.29. The number of rotatable bonds is 7. The number of nitrogens with one attached hydrogen (secondary N) is 1. The average Bonchev–Trinajstić information content (AvgIpc) is 2.92. The normalized spacial score (nSPS) is 15.3. The summed E-state index contributed by atoms with van der Waals surface area (Å²) in [5.74, 6) is 0. The lowest BCUT2D eigenvalue weighted by atomic mass is 10.0. The Morgan fingerprint density at radius 2 is 1.56 bits per heavy atom. The van der Waals surface area contributed by atoms with E-state index in [-0.39, 0.29) is 0 Å². The van der Waals surface area contributed by atoms with Crippen LogP contribution in [0.3, 0.4) is 0 Å². The molecule has 2 heterocycles. The Bertz CT molecular complexity index is 1300. The second kappa shape index (κ2) is 10.9. The molecule has 1 atom stereocenters. The summed E-state index contributed by atoms with van der Waals surface area (Å²) in [5.41, 5.74) is 8.62. The van der Waals surface area contributed by atoms with E-state index in [0.717, 1.165) is 61.3 Å². The van der Waals surface area contributed by atoms with Crippen LogP contribution in [-0.2, 0) is 12.8 Å². The Morgan fingerprint density at radius 1 is 0.861 bits per heavy atom. The molecule has 1 unspecified atom stereocenters. The van der Waals surface area contributed by atoms with E-state index in [4.69, 9.17) is 11.6 Å². The van der Waals surface area contributed by atoms with Crippen LogP contribution in [-0.4, -0.2) is 36.1 Å². The summed E-state index contributed by atoms with van der Waals surface area (Å²) in [6, 6.07) is 24.2. The molecule has 4 aromatic rings. The van der Waals surface area contributed by atoms with Crippen molar-refractivity contribution in [1.82, 2.24) is 9.88 Å². The van der Waals surface area contributed by atoms with Gasteiger partial charge >= 0.3 is 0 Å². The fourth-order valence-corrected chi connectivity index (χ4v) is 5.31. The predicted octanol–water partition coefficient (Wildman–Crippen LogP) is 7.64. The van der Waals surface area contributed by atoms with Gasteiger partial charge in [-0.15, -0.1) is 0 Å². The maximum atomic E-state index is 6.14. The van der Waals surface area contributed by atoms with Crippen LogP contribution in [0.25, 0.3) is 10.9 Å². The van der Waals surface area contributed by atoms with Gasteiger partial charge in [0.2, 0.25) is 0 Å². The van der Waals surface area contributed by atoms with Gasteiger partial charge < -0.3 is 10.2 Å². The fourth-order valence-electron chi connectivity index (χ4n) is 5.14. The highest BCUT2D eigenvalue weighted by Gasteiger charge is 2.22. The molecule has 5 heteroatoms. The minimum atomic E-state index is 0.387. The molecule has 1 fully saturated rings. The molecule has 186 valence electrons. The number of nitrogens with zero attached hydrogens (tertiary/aromatic N) is 3. The molecule has 0 saturated carbocycles. The topological polar surface area (TPSA) is 31.4 Å². The van der Waals surface area contributed by atoms with Gasteiger partial charge in [0, 0.05) is 65.9 Å². The minimum absolute atomic E-state index is 0.387. The zero-order chi connectivity index (χ0) is 25.1. The molecule has 5 rings (SSSR count). The van der Waals surface area contributed by atoms with Crippen molar-refractivity contribution < 1.29 is 0 Å². The first kappa shape index (κ1) is 24.6. The number of piperazine rings is 1. The van der Waals surface area contributed by atoms with Crippen LogP contribution >= 0.6 is 11.6 Å². The molecule has 1 N–H and O–H groups in total. The number of anilines is 3. The number of halogens is 1. The van der Waals surface area contributed by atoms with E-state index in [9.17, 15) is 0 Å². The first-order valence-corrected chi connectivity index (χ1v) is 13.4. The Morgan fingerprint density at radius 3 is 2.22 bits per heavy atom. The van der Waals surface area contributed by atoms with Gasteiger partial charge in [0.05, 0.1) is 5.52 Å². The van der Waals surface area contributed by atoms with Crippen LogP contribution in [0.1, 0.15) is 43.5 Å². The van der Waals surface area contributed by atoms with E-state index >= 15 is 0 Å². The minimum Gasteiger partial charge on any atom is -0.369 e. The number of benzene rings is 3. The summed E-state index contributed by atoms with van der Waals surface area (Å²) >= 11 is 6.14. The molecule has 1 saturated heterocycles. The molecule has 1 aliphatic rings. The first-order valence-electron chi connectivity index (χ1n) is 13.1. The van der Waals surface area contributed by atoms with Crippen LogP contribution in [0.4, 0.5) is 17.1 Å². The highest BCUT2D eigenvalue weighted by atomic mass is 35.5. The number of aryl methyl sites for hydroxylation is 2. The summed E-state index contributed by atoms with van der Waals surface area (Å²) in [5, 5.41) is 5.31. The molecular formula is C31H35ClN4. The van der Waals surface area contributed by atoms with Crippen LogP contribution in [0.5, 0.6) is 0 Å². The van der Waals surface area contributed by atoms with Gasteiger partial charge in [-0.3, -0.25) is 9.88 Å². The number of fused-ring (bicyclic) bond motifs is 1. The van der Waals surface area contributed by atoms with E-state index in [1.807, 2.05) is 30.5 Å². The summed E-state index contributed by atoms with van der Waals surface area (Å²) in [7, 11) is 0. The van der Waals surface area contributed by atoms with Crippen molar-refractivity contribution in [1.29, 1.82) is 0 Å². The van der Waals surface area contributed by atoms with Crippen molar-refractivity contribution >= 4 is 39.6 Å². The second-order valence-corrected chi connectivity index (χ2v) is 10.1. The Kier molecular flexibility index (Phi) is 7.45. The van der Waals surface area contributed by atoms with E-state index in [1.165, 1.54) is 22.4 Å². The lowest BCUT2D eigenvalue weighted by Gasteiger charge is -2.39. The lowest BCUT2D eigenvalue weighted by Crippen LogP contribution is -2.47. The van der Waals surface area contributed by atoms with E-state index in [1.54, 1.807) is 0 Å². The third kappa shape index (κ3) is 5.35. The predicted molar refractivity (Wildman–Crippen MR) is 154 cm³/mol. The summed E-state index contributed by atoms with van der Waals surface area (Å²) < 4.78 is 0. The lowest BCUT2D eigenvalue weighted by molar-refractivity contribution is 0.198. The molecular weight excluding hydrogens is 464 g/mol. The van der Waals surface area contributed by atoms with Crippen LogP contribution < -0.4 is 10.2 Å². The maximum Gasteiger partial charge on any atom is 0.0737 e. The molecule has 0 bridgehead atoms. The van der Waals surface area contributed by atoms with Gasteiger partial charge in [-0.1, -0.05) is 43.6 Å². The van der Waals surface area contributed by atoms with Gasteiger partial charge in [0.25, 0.3) is 0 Å². The molecule has 0 spiro atoms. The molecule has 0 amide bonds. The molecule has 0 aliphatic carbocycles. The van der Waals surface area contributed by atoms with Crippen molar-refractivity contribution in [2.24, 2.45) is 0 Å². The van der Waals surface area contributed by atoms with E-state index in [0.29, 0.717) is 11.1 Å². The van der Waals surface area contributed by atoms with Crippen molar-refractivity contribution in [3.05, 3.63) is 94.6 Å². The van der Waals surface area contributed by atoms with Crippen LogP contribution in [0.2, 0.25) is 5.02 Å². The largest absolute Gasteiger partial charge is 0.369 e. The maximum absolute atomic E-state index is 6.14. The Hall–Kier alpha value is -3.08. The van der Waals surface area contributed by atoms with Crippen LogP contribution in [0.15, 0.2) is 72.9 Å². The van der Waals surface area contributed by atoms with Gasteiger partial charge in [-0.25, -0.2) is 0 Å². The first-order chi connectivity index (χ1) is 17.5. The number of aromatic nitrogens is 1. The van der Waals surface area contributed by atoms with Crippen molar-refractivity contribution in [2.75, 3.05) is 36.4 Å². The quantitative estimate of drug-likeness (QED) is 0.283. The molecule has 0 radical (unpaired) electrons. The van der Waals surface area contributed by atoms with Gasteiger partial charge in [0.15, 0.2) is 0 Å². The van der Waals surface area contributed by atoms with Gasteiger partial charge in [0.1, 0.15) is 0 Å². The zero-order valence-electron chi connectivity index (χ0n) is 21.5. The summed E-state index contributed by atoms with van der Waals surface area (Å²) in [6.07, 6.45) is 4.00. The van der Waals surface area contributed by atoms with E-state index in [2.05, 4.69) is 83.3 Å². The summed E-state index contributed by atoms with van der Waals surface area (Å²) in [6.45, 7) is 11.1. The zero-order valence-corrected chi connectivity index (χ0v) is 22.2. The second-order valence-electron chi connectivity index (χ2n) is 9.68. The molecule has 4 nitrogen and oxygen atoms in total. The van der Waals surface area contributed by atoms with Gasteiger partial charge in [-0.2, -0.15) is 0 Å².